The van der Waals surface area contributed by atoms with Crippen molar-refractivity contribution in [1.82, 2.24) is 0 Å². The van der Waals surface area contributed by atoms with Gasteiger partial charge in [0, 0.05) is 16.9 Å². The van der Waals surface area contributed by atoms with Gasteiger partial charge in [-0.25, -0.2) is 0 Å². The van der Waals surface area contributed by atoms with Crippen LogP contribution in [0.1, 0.15) is 19.4 Å². The maximum atomic E-state index is 11.7. The summed E-state index contributed by atoms with van der Waals surface area (Å²) in [5, 5.41) is 16.0. The molecule has 0 radical (unpaired) electrons. The molecule has 1 unspecified atom stereocenters. The SMILES string of the molecule is CC1(C)C[N+](C)(Cc2ccccc2)N=C1[O-]. The van der Waals surface area contributed by atoms with Gasteiger partial charge < -0.3 is 5.11 Å². The van der Waals surface area contributed by atoms with Crippen molar-refractivity contribution in [2.24, 2.45) is 10.5 Å². The van der Waals surface area contributed by atoms with E-state index in [0.717, 1.165) is 13.1 Å². The van der Waals surface area contributed by atoms with Gasteiger partial charge in [0.15, 0.2) is 0 Å². The van der Waals surface area contributed by atoms with Gasteiger partial charge in [-0.3, -0.25) is 0 Å². The largest absolute Gasteiger partial charge is 0.858 e. The molecule has 1 aliphatic rings. The summed E-state index contributed by atoms with van der Waals surface area (Å²) in [4.78, 5) is 0. The molecular formula is C13H18N2O. The Labute approximate surface area is 96.6 Å². The fourth-order valence-electron chi connectivity index (χ4n) is 2.38. The highest BCUT2D eigenvalue weighted by Crippen LogP contribution is 2.30. The molecule has 0 aliphatic carbocycles. The fourth-order valence-corrected chi connectivity index (χ4v) is 2.38. The predicted octanol–water partition coefficient (Wildman–Crippen LogP) is 1.35. The van der Waals surface area contributed by atoms with Crippen molar-refractivity contribution in [1.29, 1.82) is 0 Å². The summed E-state index contributed by atoms with van der Waals surface area (Å²) in [7, 11) is 2.01. The lowest BCUT2D eigenvalue weighted by Gasteiger charge is -2.27. The summed E-state index contributed by atoms with van der Waals surface area (Å²) in [5.74, 6) is 0.0194. The van der Waals surface area contributed by atoms with Gasteiger partial charge in [0.25, 0.3) is 0 Å². The number of hydrogen-bond acceptors (Lipinski definition) is 2. The molecule has 0 amide bonds. The molecule has 0 bridgehead atoms. The van der Waals surface area contributed by atoms with Crippen molar-refractivity contribution in [2.75, 3.05) is 13.6 Å². The number of hydrogen-bond donors (Lipinski definition) is 0. The van der Waals surface area contributed by atoms with Gasteiger partial charge in [0.05, 0.1) is 7.05 Å². The molecule has 1 aliphatic heterocycles. The Balaban J connectivity index is 2.18. The summed E-state index contributed by atoms with van der Waals surface area (Å²) in [6.45, 7) is 5.50. The van der Waals surface area contributed by atoms with Crippen molar-refractivity contribution < 1.29 is 9.70 Å². The van der Waals surface area contributed by atoms with Crippen LogP contribution in [0.2, 0.25) is 0 Å². The van der Waals surface area contributed by atoms with Gasteiger partial charge in [-0.1, -0.05) is 30.3 Å². The van der Waals surface area contributed by atoms with Crippen molar-refractivity contribution in [2.45, 2.75) is 20.4 Å². The summed E-state index contributed by atoms with van der Waals surface area (Å²) >= 11 is 0. The smallest absolute Gasteiger partial charge is 0.128 e. The lowest BCUT2D eigenvalue weighted by atomic mass is 9.94. The van der Waals surface area contributed by atoms with Crippen molar-refractivity contribution in [3.05, 3.63) is 35.9 Å². The summed E-state index contributed by atoms with van der Waals surface area (Å²) in [5.41, 5.74) is 0.906. The molecule has 3 nitrogen and oxygen atoms in total. The lowest BCUT2D eigenvalue weighted by Crippen LogP contribution is -2.40. The molecule has 1 heterocycles. The molecule has 16 heavy (non-hydrogen) atoms. The first-order valence-electron chi connectivity index (χ1n) is 5.58. The normalized spacial score (nSPS) is 27.8. The van der Waals surface area contributed by atoms with E-state index in [9.17, 15) is 5.11 Å². The Morgan fingerprint density at radius 1 is 1.31 bits per heavy atom. The van der Waals surface area contributed by atoms with E-state index in [1.807, 2.05) is 39.1 Å². The fraction of sp³-hybridized carbons (Fsp3) is 0.462. The lowest BCUT2D eigenvalue weighted by molar-refractivity contribution is -0.927. The van der Waals surface area contributed by atoms with E-state index in [2.05, 4.69) is 17.2 Å². The van der Waals surface area contributed by atoms with Gasteiger partial charge in [0.1, 0.15) is 13.1 Å². The maximum absolute atomic E-state index is 11.7. The molecule has 86 valence electrons. The molecule has 0 N–H and O–H groups in total. The number of rotatable bonds is 2. The zero-order chi connectivity index (χ0) is 11.8. The minimum Gasteiger partial charge on any atom is -0.858 e. The van der Waals surface area contributed by atoms with Crippen LogP contribution in [0, 0.1) is 5.41 Å². The van der Waals surface area contributed by atoms with Crippen LogP contribution in [-0.4, -0.2) is 24.1 Å². The van der Waals surface area contributed by atoms with Crippen LogP contribution in [-0.2, 0) is 6.54 Å². The van der Waals surface area contributed by atoms with Crippen LogP contribution in [0.4, 0.5) is 0 Å². The number of quaternary nitrogens is 1. The van der Waals surface area contributed by atoms with E-state index in [4.69, 9.17) is 0 Å². The summed E-state index contributed by atoms with van der Waals surface area (Å²) in [6.07, 6.45) is 0. The van der Waals surface area contributed by atoms with E-state index in [0.29, 0.717) is 4.59 Å². The van der Waals surface area contributed by atoms with Gasteiger partial charge in [-0.15, -0.1) is 5.10 Å². The van der Waals surface area contributed by atoms with Crippen molar-refractivity contribution >= 4 is 5.90 Å². The maximum Gasteiger partial charge on any atom is 0.128 e. The Hall–Kier alpha value is -1.35. The van der Waals surface area contributed by atoms with E-state index < -0.39 is 0 Å². The number of benzene rings is 1. The van der Waals surface area contributed by atoms with Crippen molar-refractivity contribution in [3.8, 4) is 0 Å². The molecule has 0 aromatic heterocycles. The van der Waals surface area contributed by atoms with Crippen molar-refractivity contribution in [3.63, 3.8) is 0 Å². The molecule has 0 fully saturated rings. The first-order chi connectivity index (χ1) is 7.41. The Kier molecular flexibility index (Phi) is 2.50. The molecule has 2 rings (SSSR count). The highest BCUT2D eigenvalue weighted by atomic mass is 16.3. The second-order valence-electron chi connectivity index (χ2n) is 5.43. The highest BCUT2D eigenvalue weighted by Gasteiger charge is 2.39. The van der Waals surface area contributed by atoms with Crippen LogP contribution < -0.4 is 5.11 Å². The van der Waals surface area contributed by atoms with Gasteiger partial charge in [-0.05, 0) is 13.8 Å². The Morgan fingerprint density at radius 3 is 2.44 bits per heavy atom. The topological polar surface area (TPSA) is 35.4 Å². The summed E-state index contributed by atoms with van der Waals surface area (Å²) < 4.78 is 0.468. The van der Waals surface area contributed by atoms with Crippen LogP contribution in [0.25, 0.3) is 0 Å². The third kappa shape index (κ3) is 2.09. The van der Waals surface area contributed by atoms with Crippen LogP contribution in [0.5, 0.6) is 0 Å². The van der Waals surface area contributed by atoms with E-state index >= 15 is 0 Å². The molecular weight excluding hydrogens is 200 g/mol. The molecule has 0 spiro atoms. The highest BCUT2D eigenvalue weighted by molar-refractivity contribution is 5.78. The first kappa shape index (κ1) is 11.1. The standard InChI is InChI=1S/C13H18N2O/c1-13(2)10-15(3,14-12(13)16)9-11-7-5-4-6-8-11/h4-8H,9-10H2,1-3H3. The van der Waals surface area contributed by atoms with E-state index in [-0.39, 0.29) is 11.3 Å². The zero-order valence-corrected chi connectivity index (χ0v) is 10.1. The van der Waals surface area contributed by atoms with Crippen LogP contribution in [0.15, 0.2) is 35.4 Å². The molecule has 1 aromatic rings. The minimum absolute atomic E-state index is 0.0194. The second-order valence-corrected chi connectivity index (χ2v) is 5.43. The quantitative estimate of drug-likeness (QED) is 0.690. The van der Waals surface area contributed by atoms with Gasteiger partial charge >= 0.3 is 0 Å². The van der Waals surface area contributed by atoms with E-state index in [1.54, 1.807) is 0 Å². The Bertz CT molecular complexity index is 411. The second kappa shape index (κ2) is 3.59. The molecule has 1 aromatic carbocycles. The Morgan fingerprint density at radius 2 is 1.94 bits per heavy atom. The minimum atomic E-state index is -0.316. The predicted molar refractivity (Wildman–Crippen MR) is 62.4 cm³/mol. The average Bonchev–Trinajstić information content (AvgIpc) is 2.36. The average molecular weight is 218 g/mol. The first-order valence-corrected chi connectivity index (χ1v) is 5.58. The number of nitrogens with zero attached hydrogens (tertiary/aromatic N) is 2. The molecule has 1 atom stereocenters. The molecule has 0 saturated carbocycles. The van der Waals surface area contributed by atoms with Crippen LogP contribution in [0.3, 0.4) is 0 Å². The van der Waals surface area contributed by atoms with Gasteiger partial charge in [-0.2, -0.15) is 4.59 Å². The molecule has 0 saturated heterocycles. The van der Waals surface area contributed by atoms with Crippen LogP contribution >= 0.6 is 0 Å². The van der Waals surface area contributed by atoms with Gasteiger partial charge in [0.2, 0.25) is 0 Å². The third-order valence-corrected chi connectivity index (χ3v) is 3.01. The monoisotopic (exact) mass is 218 g/mol. The third-order valence-electron chi connectivity index (χ3n) is 3.01. The summed E-state index contributed by atoms with van der Waals surface area (Å²) in [6, 6.07) is 10.2. The zero-order valence-electron chi connectivity index (χ0n) is 10.1. The van der Waals surface area contributed by atoms with E-state index in [1.165, 1.54) is 5.56 Å². The molecule has 3 heteroatoms.